The van der Waals surface area contributed by atoms with Gasteiger partial charge in [0.15, 0.2) is 11.0 Å². The lowest BCUT2D eigenvalue weighted by Crippen LogP contribution is -2.32. The number of hydrogen-bond acceptors (Lipinski definition) is 4. The summed E-state index contributed by atoms with van der Waals surface area (Å²) in [7, 11) is 0. The van der Waals surface area contributed by atoms with E-state index in [1.165, 1.54) is 17.3 Å². The molecule has 1 N–H and O–H groups in total. The van der Waals surface area contributed by atoms with Gasteiger partial charge in [-0.05, 0) is 25.8 Å². The maximum Gasteiger partial charge on any atom is 0.233 e. The Hall–Kier alpha value is -2.60. The molecule has 1 amide bonds. The van der Waals surface area contributed by atoms with E-state index in [0.29, 0.717) is 6.54 Å². The van der Waals surface area contributed by atoms with Crippen LogP contribution in [-0.4, -0.2) is 32.5 Å². The Balaban J connectivity index is 1.59. The Labute approximate surface area is 164 Å². The van der Waals surface area contributed by atoms with Gasteiger partial charge in [-0.3, -0.25) is 4.79 Å². The zero-order valence-electron chi connectivity index (χ0n) is 15.6. The zero-order valence-corrected chi connectivity index (χ0v) is 16.4. The number of aromatic nitrogens is 3. The highest BCUT2D eigenvalue weighted by Gasteiger charge is 2.19. The molecule has 0 saturated carbocycles. The van der Waals surface area contributed by atoms with Gasteiger partial charge in [-0.2, -0.15) is 0 Å². The highest BCUT2D eigenvalue weighted by Crippen LogP contribution is 2.26. The molecule has 27 heavy (non-hydrogen) atoms. The number of carbonyl (C=O) groups is 1. The lowest BCUT2D eigenvalue weighted by molar-refractivity contribution is -0.120. The van der Waals surface area contributed by atoms with E-state index in [-0.39, 0.29) is 11.2 Å². The molecule has 1 atom stereocenters. The number of rotatable bonds is 8. The van der Waals surface area contributed by atoms with Crippen molar-refractivity contribution in [1.29, 1.82) is 0 Å². The summed E-state index contributed by atoms with van der Waals surface area (Å²) < 4.78 is 2.05. The normalized spacial score (nSPS) is 11.9. The van der Waals surface area contributed by atoms with Crippen molar-refractivity contribution < 1.29 is 4.79 Å². The van der Waals surface area contributed by atoms with E-state index in [4.69, 9.17) is 0 Å². The second-order valence-electron chi connectivity index (χ2n) is 6.20. The minimum atomic E-state index is -0.237. The summed E-state index contributed by atoms with van der Waals surface area (Å²) in [4.78, 5) is 12.4. The molecule has 3 rings (SSSR count). The molecule has 0 bridgehead atoms. The van der Waals surface area contributed by atoms with Crippen LogP contribution in [0.3, 0.4) is 0 Å². The molecule has 5 nitrogen and oxygen atoms in total. The highest BCUT2D eigenvalue weighted by atomic mass is 32.2. The van der Waals surface area contributed by atoms with Crippen LogP contribution in [0.15, 0.2) is 65.8 Å². The first kappa shape index (κ1) is 19.2. The van der Waals surface area contributed by atoms with E-state index in [9.17, 15) is 4.79 Å². The number of thioether (sulfide) groups is 1. The first-order valence-electron chi connectivity index (χ1n) is 9.16. The topological polar surface area (TPSA) is 59.8 Å². The smallest absolute Gasteiger partial charge is 0.233 e. The van der Waals surface area contributed by atoms with Crippen molar-refractivity contribution in [3.8, 4) is 11.4 Å². The van der Waals surface area contributed by atoms with Gasteiger partial charge in [0.1, 0.15) is 0 Å². The molecular formula is C21H24N4OS. The SMILES string of the molecule is CCn1c(S[C@H](C)C(=O)NCCc2ccccc2)nnc1-c1ccccc1. The van der Waals surface area contributed by atoms with Crippen molar-refractivity contribution in [2.24, 2.45) is 0 Å². The molecule has 0 spiro atoms. The molecule has 140 valence electrons. The maximum absolute atomic E-state index is 12.4. The molecule has 0 saturated heterocycles. The molecular weight excluding hydrogens is 356 g/mol. The van der Waals surface area contributed by atoms with Gasteiger partial charge in [-0.25, -0.2) is 0 Å². The molecule has 0 aliphatic carbocycles. The van der Waals surface area contributed by atoms with Crippen molar-refractivity contribution >= 4 is 17.7 Å². The van der Waals surface area contributed by atoms with Crippen LogP contribution < -0.4 is 5.32 Å². The van der Waals surface area contributed by atoms with Crippen molar-refractivity contribution in [1.82, 2.24) is 20.1 Å². The molecule has 1 heterocycles. The number of amides is 1. The molecule has 6 heteroatoms. The lowest BCUT2D eigenvalue weighted by Gasteiger charge is -2.13. The van der Waals surface area contributed by atoms with E-state index in [1.807, 2.05) is 60.0 Å². The summed E-state index contributed by atoms with van der Waals surface area (Å²) in [5.41, 5.74) is 2.25. The van der Waals surface area contributed by atoms with Crippen LogP contribution in [0.25, 0.3) is 11.4 Å². The maximum atomic E-state index is 12.4. The van der Waals surface area contributed by atoms with Gasteiger partial charge >= 0.3 is 0 Å². The number of nitrogens with zero attached hydrogens (tertiary/aromatic N) is 3. The largest absolute Gasteiger partial charge is 0.355 e. The molecule has 2 aromatic carbocycles. The number of hydrogen-bond donors (Lipinski definition) is 1. The van der Waals surface area contributed by atoms with Crippen LogP contribution in [0.4, 0.5) is 0 Å². The van der Waals surface area contributed by atoms with Crippen LogP contribution >= 0.6 is 11.8 Å². The predicted molar refractivity (Wildman–Crippen MR) is 110 cm³/mol. The summed E-state index contributed by atoms with van der Waals surface area (Å²) in [5.74, 6) is 0.847. The van der Waals surface area contributed by atoms with Gasteiger partial charge in [0.2, 0.25) is 5.91 Å². The summed E-state index contributed by atoms with van der Waals surface area (Å²) in [6.07, 6.45) is 0.827. The standard InChI is InChI=1S/C21H24N4OS/c1-3-25-19(18-12-8-5-9-13-18)23-24-21(25)27-16(2)20(26)22-15-14-17-10-6-4-7-11-17/h4-13,16H,3,14-15H2,1-2H3,(H,22,26)/t16-/m1/s1. The number of benzene rings is 2. The fraction of sp³-hybridized carbons (Fsp3) is 0.286. The third-order valence-corrected chi connectivity index (χ3v) is 5.35. The Morgan fingerprint density at radius 1 is 1.07 bits per heavy atom. The Morgan fingerprint density at radius 3 is 2.41 bits per heavy atom. The average Bonchev–Trinajstić information content (AvgIpc) is 3.11. The van der Waals surface area contributed by atoms with Crippen LogP contribution in [-0.2, 0) is 17.8 Å². The Bertz CT molecular complexity index is 864. The van der Waals surface area contributed by atoms with E-state index in [2.05, 4.69) is 34.6 Å². The van der Waals surface area contributed by atoms with Gasteiger partial charge in [0.05, 0.1) is 5.25 Å². The fourth-order valence-electron chi connectivity index (χ4n) is 2.79. The van der Waals surface area contributed by atoms with Crippen molar-refractivity contribution in [2.45, 2.75) is 37.2 Å². The van der Waals surface area contributed by atoms with E-state index < -0.39 is 0 Å². The number of nitrogens with one attached hydrogen (secondary N) is 1. The highest BCUT2D eigenvalue weighted by molar-refractivity contribution is 8.00. The predicted octanol–water partition coefficient (Wildman–Crippen LogP) is 3.80. The van der Waals surface area contributed by atoms with Crippen molar-refractivity contribution in [2.75, 3.05) is 6.54 Å². The lowest BCUT2D eigenvalue weighted by atomic mass is 10.1. The summed E-state index contributed by atoms with van der Waals surface area (Å²) in [6, 6.07) is 20.1. The number of carbonyl (C=O) groups excluding carboxylic acids is 1. The Kier molecular flexibility index (Phi) is 6.65. The molecule has 0 unspecified atom stereocenters. The molecule has 0 fully saturated rings. The third-order valence-electron chi connectivity index (χ3n) is 4.27. The first-order valence-corrected chi connectivity index (χ1v) is 10.0. The van der Waals surface area contributed by atoms with Crippen LogP contribution in [0.1, 0.15) is 19.4 Å². The quantitative estimate of drug-likeness (QED) is 0.604. The van der Waals surface area contributed by atoms with Gasteiger partial charge in [0, 0.05) is 18.7 Å². The van der Waals surface area contributed by atoms with Crippen LogP contribution in [0, 0.1) is 0 Å². The molecule has 0 aliphatic heterocycles. The summed E-state index contributed by atoms with van der Waals surface area (Å²) >= 11 is 1.44. The average molecular weight is 381 g/mol. The van der Waals surface area contributed by atoms with Crippen molar-refractivity contribution in [3.05, 3.63) is 66.2 Å². The van der Waals surface area contributed by atoms with E-state index in [0.717, 1.165) is 29.5 Å². The minimum Gasteiger partial charge on any atom is -0.355 e. The molecule has 0 aliphatic rings. The Morgan fingerprint density at radius 2 is 1.74 bits per heavy atom. The minimum absolute atomic E-state index is 0.0165. The molecule has 3 aromatic rings. The summed E-state index contributed by atoms with van der Waals surface area (Å²) in [6.45, 7) is 5.34. The second kappa shape index (κ2) is 9.37. The third kappa shape index (κ3) is 4.98. The van der Waals surface area contributed by atoms with Gasteiger partial charge in [-0.15, -0.1) is 10.2 Å². The fourth-order valence-corrected chi connectivity index (χ4v) is 3.73. The van der Waals surface area contributed by atoms with Gasteiger partial charge < -0.3 is 9.88 Å². The zero-order chi connectivity index (χ0) is 19.1. The molecule has 0 radical (unpaired) electrons. The molecule has 1 aromatic heterocycles. The first-order chi connectivity index (χ1) is 13.2. The van der Waals surface area contributed by atoms with E-state index in [1.54, 1.807) is 0 Å². The summed E-state index contributed by atoms with van der Waals surface area (Å²) in [5, 5.41) is 12.2. The van der Waals surface area contributed by atoms with Crippen LogP contribution in [0.2, 0.25) is 0 Å². The monoisotopic (exact) mass is 380 g/mol. The van der Waals surface area contributed by atoms with E-state index >= 15 is 0 Å². The van der Waals surface area contributed by atoms with Gasteiger partial charge in [-0.1, -0.05) is 72.4 Å². The van der Waals surface area contributed by atoms with Crippen LogP contribution in [0.5, 0.6) is 0 Å². The second-order valence-corrected chi connectivity index (χ2v) is 7.51. The van der Waals surface area contributed by atoms with Gasteiger partial charge in [0.25, 0.3) is 0 Å². The van der Waals surface area contributed by atoms with Crippen molar-refractivity contribution in [3.63, 3.8) is 0 Å².